The van der Waals surface area contributed by atoms with Crippen LogP contribution in [-0.4, -0.2) is 44.1 Å². The number of fused-ring (bicyclic) bond motifs is 3. The second-order valence-electron chi connectivity index (χ2n) is 9.42. The van der Waals surface area contributed by atoms with Crippen molar-refractivity contribution in [2.24, 2.45) is 11.8 Å². The van der Waals surface area contributed by atoms with E-state index in [-0.39, 0.29) is 5.90 Å². The number of hydrogen-bond acceptors (Lipinski definition) is 6. The molecular formula is C26H33N3O2S. The molecule has 5 nitrogen and oxygen atoms in total. The summed E-state index contributed by atoms with van der Waals surface area (Å²) in [5.74, 6) is 2.93. The van der Waals surface area contributed by atoms with Crippen LogP contribution in [0.1, 0.15) is 47.9 Å². The van der Waals surface area contributed by atoms with Gasteiger partial charge in [-0.15, -0.1) is 0 Å². The van der Waals surface area contributed by atoms with Crippen LogP contribution in [-0.2, 0) is 11.2 Å². The molecule has 0 aromatic heterocycles. The largest absolute Gasteiger partial charge is 0.492 e. The van der Waals surface area contributed by atoms with Gasteiger partial charge in [0.1, 0.15) is 11.3 Å². The molecule has 3 atom stereocenters. The van der Waals surface area contributed by atoms with Crippen molar-refractivity contribution in [2.75, 3.05) is 38.1 Å². The molecule has 170 valence electrons. The Labute approximate surface area is 195 Å². The Morgan fingerprint density at radius 2 is 2.19 bits per heavy atom. The second kappa shape index (κ2) is 8.99. The first-order chi connectivity index (χ1) is 15.6. The van der Waals surface area contributed by atoms with Gasteiger partial charge in [-0.25, -0.2) is 0 Å². The van der Waals surface area contributed by atoms with Crippen molar-refractivity contribution in [1.82, 2.24) is 4.90 Å². The number of ether oxygens (including phenoxy) is 2. The molecule has 3 aliphatic rings. The molecule has 1 saturated heterocycles. The zero-order chi connectivity index (χ0) is 22.2. The molecule has 6 heteroatoms. The molecule has 2 aliphatic heterocycles. The highest BCUT2D eigenvalue weighted by atomic mass is 32.2. The van der Waals surface area contributed by atoms with Gasteiger partial charge in [-0.2, -0.15) is 0 Å². The Morgan fingerprint density at radius 3 is 2.97 bits per heavy atom. The number of benzene rings is 2. The van der Waals surface area contributed by atoms with E-state index in [0.717, 1.165) is 42.5 Å². The summed E-state index contributed by atoms with van der Waals surface area (Å²) >= 11 is 1.63. The molecule has 2 N–H and O–H groups in total. The fraction of sp³-hybridized carbons (Fsp3) is 0.500. The van der Waals surface area contributed by atoms with Gasteiger partial charge in [0.2, 0.25) is 5.90 Å². The van der Waals surface area contributed by atoms with E-state index in [2.05, 4.69) is 53.8 Å². The van der Waals surface area contributed by atoms with E-state index in [0.29, 0.717) is 11.8 Å². The molecule has 0 spiro atoms. The molecule has 2 aromatic rings. The van der Waals surface area contributed by atoms with Gasteiger partial charge < -0.3 is 19.1 Å². The summed E-state index contributed by atoms with van der Waals surface area (Å²) in [4.78, 5) is 3.80. The molecule has 0 bridgehead atoms. The predicted molar refractivity (Wildman–Crippen MR) is 131 cm³/mol. The summed E-state index contributed by atoms with van der Waals surface area (Å²) in [5, 5.41) is 8.42. The minimum Gasteiger partial charge on any atom is -0.492 e. The van der Waals surface area contributed by atoms with Crippen molar-refractivity contribution >= 4 is 23.5 Å². The fourth-order valence-electron chi connectivity index (χ4n) is 5.22. The maximum atomic E-state index is 8.42. The van der Waals surface area contributed by atoms with Crippen LogP contribution in [0.5, 0.6) is 5.75 Å². The molecule has 2 fully saturated rings. The SMILES string of the molecule is CCN1CC[C@@H](Cc2cc(C)ccc2SNc2ccc3c(c2C(=N)OC)OCC2CC32)C1. The zero-order valence-electron chi connectivity index (χ0n) is 19.2. The van der Waals surface area contributed by atoms with Crippen LogP contribution in [0.25, 0.3) is 0 Å². The maximum Gasteiger partial charge on any atom is 0.218 e. The van der Waals surface area contributed by atoms with E-state index in [1.54, 1.807) is 19.1 Å². The lowest BCUT2D eigenvalue weighted by Gasteiger charge is -2.23. The summed E-state index contributed by atoms with van der Waals surface area (Å²) in [6.45, 7) is 8.72. The van der Waals surface area contributed by atoms with Crippen LogP contribution in [0.3, 0.4) is 0 Å². The second-order valence-corrected chi connectivity index (χ2v) is 10.3. The number of methoxy groups -OCH3 is 1. The molecule has 2 heterocycles. The highest BCUT2D eigenvalue weighted by Crippen LogP contribution is 2.55. The van der Waals surface area contributed by atoms with Crippen LogP contribution in [0, 0.1) is 24.2 Å². The number of rotatable bonds is 7. The molecule has 1 aliphatic carbocycles. The van der Waals surface area contributed by atoms with E-state index in [1.807, 2.05) is 0 Å². The van der Waals surface area contributed by atoms with E-state index >= 15 is 0 Å². The Morgan fingerprint density at radius 1 is 1.31 bits per heavy atom. The van der Waals surface area contributed by atoms with Crippen LogP contribution < -0.4 is 9.46 Å². The van der Waals surface area contributed by atoms with Crippen LogP contribution in [0.4, 0.5) is 5.69 Å². The van der Waals surface area contributed by atoms with E-state index < -0.39 is 0 Å². The molecule has 0 amide bonds. The van der Waals surface area contributed by atoms with Gasteiger partial charge in [0.15, 0.2) is 0 Å². The molecule has 0 radical (unpaired) electrons. The van der Waals surface area contributed by atoms with Gasteiger partial charge in [-0.05, 0) is 86.3 Å². The van der Waals surface area contributed by atoms with Crippen LogP contribution in [0.15, 0.2) is 35.2 Å². The van der Waals surface area contributed by atoms with Gasteiger partial charge >= 0.3 is 0 Å². The van der Waals surface area contributed by atoms with Gasteiger partial charge in [0.25, 0.3) is 0 Å². The predicted octanol–water partition coefficient (Wildman–Crippen LogP) is 5.47. The third kappa shape index (κ3) is 4.23. The summed E-state index contributed by atoms with van der Waals surface area (Å²) < 4.78 is 15.0. The number of nitrogens with one attached hydrogen (secondary N) is 2. The van der Waals surface area contributed by atoms with Crippen molar-refractivity contribution in [3.63, 3.8) is 0 Å². The summed E-state index contributed by atoms with van der Waals surface area (Å²) in [6, 6.07) is 11.0. The lowest BCUT2D eigenvalue weighted by Crippen LogP contribution is -2.20. The quantitative estimate of drug-likeness (QED) is 0.332. The number of aryl methyl sites for hydroxylation is 1. The highest BCUT2D eigenvalue weighted by Gasteiger charge is 2.45. The van der Waals surface area contributed by atoms with Crippen molar-refractivity contribution in [3.8, 4) is 5.75 Å². The van der Waals surface area contributed by atoms with Gasteiger partial charge in [-0.3, -0.25) is 5.41 Å². The third-order valence-electron chi connectivity index (χ3n) is 7.20. The van der Waals surface area contributed by atoms with Crippen LogP contribution in [0.2, 0.25) is 0 Å². The molecule has 2 aromatic carbocycles. The van der Waals surface area contributed by atoms with Crippen LogP contribution >= 0.6 is 11.9 Å². The third-order valence-corrected chi connectivity index (χ3v) is 8.14. The average Bonchev–Trinajstić information content (AvgIpc) is 3.47. The molecule has 32 heavy (non-hydrogen) atoms. The van der Waals surface area contributed by atoms with Gasteiger partial charge in [-0.1, -0.05) is 30.7 Å². The number of likely N-dealkylation sites (tertiary alicyclic amines) is 1. The first kappa shape index (κ1) is 21.7. The van der Waals surface area contributed by atoms with E-state index in [1.165, 1.54) is 47.5 Å². The fourth-order valence-corrected chi connectivity index (χ4v) is 6.02. The Hall–Kier alpha value is -2.18. The lowest BCUT2D eigenvalue weighted by molar-refractivity contribution is 0.277. The molecule has 5 rings (SSSR count). The standard InChI is InChI=1S/C26H33N3O2S/c1-4-29-10-9-17(14-29)12-18-11-16(2)5-8-23(18)32-28-22-7-6-20-21-13-19(21)15-31-25(20)24(22)26(27)30-3/h5-8,11,17,19,21,27-28H,4,9-10,12-15H2,1-3H3/t17-,19?,21?/m0/s1. The number of hydrogen-bond donors (Lipinski definition) is 2. The number of nitrogens with zero attached hydrogens (tertiary/aromatic N) is 1. The molecular weight excluding hydrogens is 418 g/mol. The summed E-state index contributed by atoms with van der Waals surface area (Å²) in [6.07, 6.45) is 3.58. The lowest BCUT2D eigenvalue weighted by atomic mass is 9.97. The summed E-state index contributed by atoms with van der Waals surface area (Å²) in [5.41, 5.74) is 5.56. The highest BCUT2D eigenvalue weighted by molar-refractivity contribution is 8.00. The minimum atomic E-state index is 0.152. The van der Waals surface area contributed by atoms with Gasteiger partial charge in [0.05, 0.1) is 19.4 Å². The van der Waals surface area contributed by atoms with Crippen molar-refractivity contribution in [1.29, 1.82) is 5.41 Å². The van der Waals surface area contributed by atoms with E-state index in [4.69, 9.17) is 14.9 Å². The van der Waals surface area contributed by atoms with Crippen molar-refractivity contribution < 1.29 is 9.47 Å². The first-order valence-corrected chi connectivity index (χ1v) is 12.6. The monoisotopic (exact) mass is 451 g/mol. The Kier molecular flexibility index (Phi) is 6.08. The molecule has 2 unspecified atom stereocenters. The first-order valence-electron chi connectivity index (χ1n) is 11.7. The smallest absolute Gasteiger partial charge is 0.218 e. The average molecular weight is 452 g/mol. The summed E-state index contributed by atoms with van der Waals surface area (Å²) in [7, 11) is 1.56. The zero-order valence-corrected chi connectivity index (χ0v) is 20.1. The number of anilines is 1. The van der Waals surface area contributed by atoms with E-state index in [9.17, 15) is 0 Å². The van der Waals surface area contributed by atoms with Crippen molar-refractivity contribution in [3.05, 3.63) is 52.6 Å². The topological polar surface area (TPSA) is 57.6 Å². The van der Waals surface area contributed by atoms with Gasteiger partial charge in [0, 0.05) is 17.4 Å². The Bertz CT molecular complexity index is 1020. The molecule has 1 saturated carbocycles. The Balaban J connectivity index is 1.37. The van der Waals surface area contributed by atoms with Crippen molar-refractivity contribution in [2.45, 2.75) is 43.9 Å². The maximum absolute atomic E-state index is 8.42. The normalized spacial score (nSPS) is 23.8. The minimum absolute atomic E-state index is 0.152.